The SMILES string of the molecule is Cc1ncc(COP)c(C=NNS(=O)(=O)c2ccccc2)c1O. The maximum absolute atomic E-state index is 12.1. The Balaban J connectivity index is 2.26. The molecule has 0 fully saturated rings. The molecule has 0 aliphatic rings. The van der Waals surface area contributed by atoms with Gasteiger partial charge in [0, 0.05) is 26.8 Å². The minimum absolute atomic E-state index is 0.0767. The van der Waals surface area contributed by atoms with Gasteiger partial charge in [-0.25, -0.2) is 4.83 Å². The molecule has 0 bridgehead atoms. The van der Waals surface area contributed by atoms with Crippen LogP contribution in [-0.4, -0.2) is 24.7 Å². The molecule has 0 saturated carbocycles. The zero-order chi connectivity index (χ0) is 16.9. The largest absolute Gasteiger partial charge is 0.505 e. The second kappa shape index (κ2) is 7.50. The van der Waals surface area contributed by atoms with E-state index in [0.717, 1.165) is 0 Å². The third-order valence-corrected chi connectivity index (χ3v) is 4.42. The number of hydrogen-bond donors (Lipinski definition) is 2. The van der Waals surface area contributed by atoms with E-state index in [4.69, 9.17) is 4.52 Å². The summed E-state index contributed by atoms with van der Waals surface area (Å²) in [5, 5.41) is 13.8. The predicted molar refractivity (Wildman–Crippen MR) is 89.5 cm³/mol. The fraction of sp³-hybridized carbons (Fsp3) is 0.143. The Morgan fingerprint density at radius 1 is 1.39 bits per heavy atom. The van der Waals surface area contributed by atoms with Crippen molar-refractivity contribution in [2.24, 2.45) is 5.10 Å². The molecule has 0 spiro atoms. The number of aromatic nitrogens is 1. The minimum Gasteiger partial charge on any atom is -0.505 e. The van der Waals surface area contributed by atoms with Crippen molar-refractivity contribution in [1.29, 1.82) is 0 Å². The summed E-state index contributed by atoms with van der Waals surface area (Å²) in [5.41, 5.74) is 1.33. The van der Waals surface area contributed by atoms with Crippen molar-refractivity contribution < 1.29 is 18.0 Å². The number of hydrazone groups is 1. The first-order valence-electron chi connectivity index (χ1n) is 6.54. The van der Waals surface area contributed by atoms with E-state index >= 15 is 0 Å². The van der Waals surface area contributed by atoms with Crippen LogP contribution >= 0.6 is 9.47 Å². The average Bonchev–Trinajstić information content (AvgIpc) is 2.54. The monoisotopic (exact) mass is 353 g/mol. The highest BCUT2D eigenvalue weighted by molar-refractivity contribution is 7.89. The van der Waals surface area contributed by atoms with E-state index in [9.17, 15) is 13.5 Å². The summed E-state index contributed by atoms with van der Waals surface area (Å²) in [5.74, 6) is -0.0767. The molecule has 1 atom stereocenters. The molecule has 0 saturated heterocycles. The van der Waals surface area contributed by atoms with Gasteiger partial charge >= 0.3 is 0 Å². The Hall–Kier alpha value is -2.02. The lowest BCUT2D eigenvalue weighted by molar-refractivity contribution is 0.359. The van der Waals surface area contributed by atoms with Gasteiger partial charge in [0.1, 0.15) is 5.75 Å². The van der Waals surface area contributed by atoms with Crippen LogP contribution in [0.2, 0.25) is 0 Å². The van der Waals surface area contributed by atoms with Gasteiger partial charge in [0.15, 0.2) is 0 Å². The predicted octanol–water partition coefficient (Wildman–Crippen LogP) is 1.71. The first-order valence-corrected chi connectivity index (χ1v) is 8.50. The van der Waals surface area contributed by atoms with Crippen molar-refractivity contribution in [2.75, 3.05) is 0 Å². The van der Waals surface area contributed by atoms with Crippen molar-refractivity contribution in [3.63, 3.8) is 0 Å². The minimum atomic E-state index is -3.76. The first kappa shape index (κ1) is 17.3. The number of nitrogens with zero attached hydrogens (tertiary/aromatic N) is 2. The second-order valence-electron chi connectivity index (χ2n) is 4.61. The second-order valence-corrected chi connectivity index (χ2v) is 6.60. The van der Waals surface area contributed by atoms with Crippen molar-refractivity contribution in [3.8, 4) is 5.75 Å². The zero-order valence-corrected chi connectivity index (χ0v) is 14.3. The van der Waals surface area contributed by atoms with Gasteiger partial charge in [-0.2, -0.15) is 13.5 Å². The Labute approximate surface area is 136 Å². The van der Waals surface area contributed by atoms with Crippen LogP contribution in [0.5, 0.6) is 5.75 Å². The molecule has 2 aromatic rings. The number of hydrogen-bond acceptors (Lipinski definition) is 6. The molecule has 1 heterocycles. The summed E-state index contributed by atoms with van der Waals surface area (Å²) in [6.45, 7) is 1.81. The van der Waals surface area contributed by atoms with E-state index in [2.05, 4.69) is 24.4 Å². The van der Waals surface area contributed by atoms with Gasteiger partial charge in [0.25, 0.3) is 10.0 Å². The van der Waals surface area contributed by atoms with Crippen LogP contribution in [0.4, 0.5) is 0 Å². The lowest BCUT2D eigenvalue weighted by atomic mass is 10.1. The fourth-order valence-electron chi connectivity index (χ4n) is 1.81. The summed E-state index contributed by atoms with van der Waals surface area (Å²) >= 11 is 0. The molecule has 1 aromatic carbocycles. The molecule has 0 aliphatic heterocycles. The number of sulfonamides is 1. The van der Waals surface area contributed by atoms with Gasteiger partial charge < -0.3 is 9.63 Å². The van der Waals surface area contributed by atoms with Crippen LogP contribution in [0.25, 0.3) is 0 Å². The Morgan fingerprint density at radius 3 is 2.74 bits per heavy atom. The van der Waals surface area contributed by atoms with E-state index in [1.54, 1.807) is 25.1 Å². The number of aromatic hydroxyl groups is 1. The summed E-state index contributed by atoms with van der Waals surface area (Å²) in [7, 11) is -1.66. The summed E-state index contributed by atoms with van der Waals surface area (Å²) < 4.78 is 29.1. The highest BCUT2D eigenvalue weighted by atomic mass is 32.2. The van der Waals surface area contributed by atoms with Crippen molar-refractivity contribution in [2.45, 2.75) is 18.4 Å². The van der Waals surface area contributed by atoms with Crippen molar-refractivity contribution in [3.05, 3.63) is 53.3 Å². The number of benzene rings is 1. The molecule has 1 unspecified atom stereocenters. The van der Waals surface area contributed by atoms with E-state index in [-0.39, 0.29) is 17.3 Å². The lowest BCUT2D eigenvalue weighted by Gasteiger charge is -2.08. The summed E-state index contributed by atoms with van der Waals surface area (Å²) in [6.07, 6.45) is 2.76. The Bertz CT molecular complexity index is 810. The third-order valence-electron chi connectivity index (χ3n) is 3.02. The van der Waals surface area contributed by atoms with Gasteiger partial charge in [0.05, 0.1) is 23.4 Å². The topological polar surface area (TPSA) is 101 Å². The Morgan fingerprint density at radius 2 is 2.09 bits per heavy atom. The van der Waals surface area contributed by atoms with Crippen LogP contribution in [0, 0.1) is 6.92 Å². The van der Waals surface area contributed by atoms with Gasteiger partial charge in [-0.05, 0) is 19.1 Å². The van der Waals surface area contributed by atoms with Crippen molar-refractivity contribution in [1.82, 2.24) is 9.82 Å². The third kappa shape index (κ3) is 4.25. The van der Waals surface area contributed by atoms with Crippen LogP contribution in [-0.2, 0) is 21.2 Å². The van der Waals surface area contributed by atoms with E-state index in [1.165, 1.54) is 24.5 Å². The highest BCUT2D eigenvalue weighted by Crippen LogP contribution is 2.23. The molecule has 9 heteroatoms. The van der Waals surface area contributed by atoms with E-state index in [1.807, 2.05) is 0 Å². The summed E-state index contributed by atoms with van der Waals surface area (Å²) in [4.78, 5) is 6.22. The normalized spacial score (nSPS) is 11.7. The smallest absolute Gasteiger partial charge is 0.276 e. The number of rotatable bonds is 6. The molecule has 2 rings (SSSR count). The van der Waals surface area contributed by atoms with Crippen molar-refractivity contribution >= 4 is 25.7 Å². The summed E-state index contributed by atoms with van der Waals surface area (Å²) in [6, 6.07) is 7.86. The number of pyridine rings is 1. The molecule has 1 aromatic heterocycles. The molecule has 7 nitrogen and oxygen atoms in total. The molecule has 0 aliphatic carbocycles. The zero-order valence-electron chi connectivity index (χ0n) is 12.3. The number of aryl methyl sites for hydroxylation is 1. The van der Waals surface area contributed by atoms with Gasteiger partial charge in [-0.15, -0.1) is 0 Å². The molecular formula is C14H16N3O4PS. The van der Waals surface area contributed by atoms with E-state index in [0.29, 0.717) is 16.8 Å². The highest BCUT2D eigenvalue weighted by Gasteiger charge is 2.13. The number of nitrogens with one attached hydrogen (secondary N) is 1. The maximum atomic E-state index is 12.1. The van der Waals surface area contributed by atoms with Gasteiger partial charge in [-0.1, -0.05) is 18.2 Å². The molecular weight excluding hydrogens is 337 g/mol. The van der Waals surface area contributed by atoms with E-state index < -0.39 is 10.0 Å². The maximum Gasteiger partial charge on any atom is 0.276 e. The molecule has 2 N–H and O–H groups in total. The first-order chi connectivity index (χ1) is 11.0. The van der Waals surface area contributed by atoms with Crippen LogP contribution < -0.4 is 4.83 Å². The standard InChI is InChI=1S/C14H16N3O4PS/c1-10-14(18)13(11(7-15-10)9-21-22)8-16-17-23(19,20)12-5-3-2-4-6-12/h2-8,17-18H,9,22H2,1H3. The molecule has 23 heavy (non-hydrogen) atoms. The van der Waals surface area contributed by atoms with Gasteiger partial charge in [-0.3, -0.25) is 4.98 Å². The fourth-order valence-corrected chi connectivity index (χ4v) is 2.81. The van der Waals surface area contributed by atoms with Gasteiger partial charge in [0.2, 0.25) is 0 Å². The quantitative estimate of drug-likeness (QED) is 0.468. The van der Waals surface area contributed by atoms with Crippen LogP contribution in [0.15, 0.2) is 46.5 Å². The lowest BCUT2D eigenvalue weighted by Crippen LogP contribution is -2.18. The Kier molecular flexibility index (Phi) is 5.65. The molecule has 0 amide bonds. The molecule has 0 radical (unpaired) electrons. The van der Waals surface area contributed by atoms with Crippen LogP contribution in [0.3, 0.4) is 0 Å². The van der Waals surface area contributed by atoms with Crippen LogP contribution in [0.1, 0.15) is 16.8 Å². The average molecular weight is 353 g/mol. The molecule has 122 valence electrons.